The van der Waals surface area contributed by atoms with Crippen molar-refractivity contribution in [1.82, 2.24) is 10.1 Å². The van der Waals surface area contributed by atoms with Crippen LogP contribution >= 0.6 is 0 Å². The normalized spacial score (nSPS) is 28.6. The van der Waals surface area contributed by atoms with Crippen LogP contribution in [0.15, 0.2) is 4.52 Å². The lowest BCUT2D eigenvalue weighted by Gasteiger charge is -2.29. The molecule has 2 atom stereocenters. The van der Waals surface area contributed by atoms with E-state index >= 15 is 0 Å². The van der Waals surface area contributed by atoms with Crippen LogP contribution in [0, 0.1) is 5.41 Å². The van der Waals surface area contributed by atoms with E-state index in [4.69, 9.17) is 4.52 Å². The maximum atomic E-state index is 9.50. The number of aliphatic hydroxyl groups excluding tert-OH is 1. The van der Waals surface area contributed by atoms with Crippen LogP contribution in [-0.4, -0.2) is 27.9 Å². The highest BCUT2D eigenvalue weighted by molar-refractivity contribution is 5.27. The Balaban J connectivity index is 2.08. The molecule has 1 aliphatic carbocycles. The van der Waals surface area contributed by atoms with Crippen molar-refractivity contribution >= 4 is 5.95 Å². The van der Waals surface area contributed by atoms with Crippen molar-refractivity contribution in [3.63, 3.8) is 0 Å². The summed E-state index contributed by atoms with van der Waals surface area (Å²) >= 11 is 0. The fraction of sp³-hybridized carbons (Fsp3) is 0.846. The topological polar surface area (TPSA) is 71.2 Å². The van der Waals surface area contributed by atoms with Crippen molar-refractivity contribution in [2.24, 2.45) is 5.41 Å². The molecule has 18 heavy (non-hydrogen) atoms. The summed E-state index contributed by atoms with van der Waals surface area (Å²) in [5.41, 5.74) is -0.217. The maximum Gasteiger partial charge on any atom is 0.263 e. The molecule has 102 valence electrons. The van der Waals surface area contributed by atoms with Gasteiger partial charge in [-0.25, -0.2) is 0 Å². The molecular weight excluding hydrogens is 230 g/mol. The molecule has 0 radical (unpaired) electrons. The second-order valence-corrected chi connectivity index (χ2v) is 6.57. The van der Waals surface area contributed by atoms with Gasteiger partial charge in [0.2, 0.25) is 5.89 Å². The fourth-order valence-corrected chi connectivity index (χ4v) is 2.41. The maximum absolute atomic E-state index is 9.50. The summed E-state index contributed by atoms with van der Waals surface area (Å²) in [5.74, 6) is 1.17. The first-order valence-corrected chi connectivity index (χ1v) is 6.57. The Hall–Kier alpha value is -1.10. The second-order valence-electron chi connectivity index (χ2n) is 6.57. The number of hydrogen-bond donors (Lipinski definition) is 2. The van der Waals surface area contributed by atoms with Crippen molar-refractivity contribution in [3.05, 3.63) is 5.89 Å². The molecule has 5 nitrogen and oxygen atoms in total. The third kappa shape index (κ3) is 2.51. The Morgan fingerprint density at radius 3 is 2.78 bits per heavy atom. The first-order chi connectivity index (χ1) is 8.35. The van der Waals surface area contributed by atoms with E-state index in [1.807, 2.05) is 20.8 Å². The minimum Gasteiger partial charge on any atom is -0.396 e. The lowest BCUT2D eigenvalue weighted by atomic mass is 9.86. The molecule has 1 fully saturated rings. The van der Waals surface area contributed by atoms with Gasteiger partial charge in [-0.2, -0.15) is 4.98 Å². The standard InChI is InChI=1S/C13H23N3O2/c1-12(2,3)10-15-11(16-18-10)14-9-6-5-7-13(9,4)8-17/h9,17H,5-8H2,1-4H3,(H,14,16). The number of nitrogens with zero attached hydrogens (tertiary/aromatic N) is 2. The van der Waals surface area contributed by atoms with Gasteiger partial charge in [0.15, 0.2) is 0 Å². The average molecular weight is 253 g/mol. The van der Waals surface area contributed by atoms with Crippen molar-refractivity contribution in [1.29, 1.82) is 0 Å². The van der Waals surface area contributed by atoms with Crippen molar-refractivity contribution in [2.75, 3.05) is 11.9 Å². The van der Waals surface area contributed by atoms with Crippen LogP contribution in [0.1, 0.15) is 52.8 Å². The molecule has 0 aliphatic heterocycles. The number of aliphatic hydroxyl groups is 1. The number of aromatic nitrogens is 2. The van der Waals surface area contributed by atoms with E-state index in [1.54, 1.807) is 0 Å². The molecule has 1 heterocycles. The SMILES string of the molecule is CC(C)(C)c1nc(NC2CCCC2(C)CO)no1. The van der Waals surface area contributed by atoms with Gasteiger partial charge in [0, 0.05) is 16.9 Å². The van der Waals surface area contributed by atoms with E-state index in [-0.39, 0.29) is 23.5 Å². The van der Waals surface area contributed by atoms with Gasteiger partial charge in [-0.05, 0) is 18.0 Å². The molecule has 5 heteroatoms. The minimum atomic E-state index is -0.136. The zero-order valence-corrected chi connectivity index (χ0v) is 11.7. The van der Waals surface area contributed by atoms with Crippen LogP contribution in [-0.2, 0) is 5.41 Å². The molecule has 2 N–H and O–H groups in total. The third-order valence-corrected chi connectivity index (χ3v) is 3.81. The van der Waals surface area contributed by atoms with Gasteiger partial charge in [0.25, 0.3) is 5.95 Å². The molecule has 0 spiro atoms. The third-order valence-electron chi connectivity index (χ3n) is 3.81. The van der Waals surface area contributed by atoms with Gasteiger partial charge in [0.05, 0.1) is 6.61 Å². The van der Waals surface area contributed by atoms with Crippen molar-refractivity contribution < 1.29 is 9.63 Å². The summed E-state index contributed by atoms with van der Waals surface area (Å²) < 4.78 is 5.26. The highest BCUT2D eigenvalue weighted by Crippen LogP contribution is 2.38. The average Bonchev–Trinajstić information content (AvgIpc) is 2.87. The monoisotopic (exact) mass is 253 g/mol. The molecule has 1 aromatic heterocycles. The molecule has 0 aromatic carbocycles. The highest BCUT2D eigenvalue weighted by atomic mass is 16.5. The van der Waals surface area contributed by atoms with Gasteiger partial charge < -0.3 is 14.9 Å². The first kappa shape index (κ1) is 13.3. The van der Waals surface area contributed by atoms with E-state index < -0.39 is 0 Å². The Labute approximate surface area is 108 Å². The van der Waals surface area contributed by atoms with Crippen LogP contribution in [0.5, 0.6) is 0 Å². The second kappa shape index (κ2) is 4.53. The minimum absolute atomic E-state index is 0.0808. The molecule has 1 saturated carbocycles. The molecule has 1 aromatic rings. The Morgan fingerprint density at radius 2 is 2.22 bits per heavy atom. The summed E-state index contributed by atoms with van der Waals surface area (Å²) in [6, 6.07) is 0.216. The molecular formula is C13H23N3O2. The van der Waals surface area contributed by atoms with E-state index in [2.05, 4.69) is 22.4 Å². The number of anilines is 1. The van der Waals surface area contributed by atoms with Gasteiger partial charge in [0.1, 0.15) is 0 Å². The summed E-state index contributed by atoms with van der Waals surface area (Å²) in [4.78, 5) is 4.37. The summed E-state index contributed by atoms with van der Waals surface area (Å²) in [7, 11) is 0. The summed E-state index contributed by atoms with van der Waals surface area (Å²) in [5, 5.41) is 16.8. The molecule has 0 saturated heterocycles. The lowest BCUT2D eigenvalue weighted by Crippen LogP contribution is -2.36. The number of nitrogens with one attached hydrogen (secondary N) is 1. The number of hydrogen-bond acceptors (Lipinski definition) is 5. The van der Waals surface area contributed by atoms with Crippen molar-refractivity contribution in [3.8, 4) is 0 Å². The molecule has 0 amide bonds. The van der Waals surface area contributed by atoms with Gasteiger partial charge in [-0.3, -0.25) is 0 Å². The van der Waals surface area contributed by atoms with E-state index in [9.17, 15) is 5.11 Å². The van der Waals surface area contributed by atoms with E-state index in [0.717, 1.165) is 19.3 Å². The Kier molecular flexibility index (Phi) is 3.36. The fourth-order valence-electron chi connectivity index (χ4n) is 2.41. The summed E-state index contributed by atoms with van der Waals surface area (Å²) in [6.45, 7) is 8.41. The van der Waals surface area contributed by atoms with Gasteiger partial charge in [-0.1, -0.05) is 34.1 Å². The van der Waals surface area contributed by atoms with Gasteiger partial charge >= 0.3 is 0 Å². The quantitative estimate of drug-likeness (QED) is 0.865. The first-order valence-electron chi connectivity index (χ1n) is 6.57. The Morgan fingerprint density at radius 1 is 1.50 bits per heavy atom. The lowest BCUT2D eigenvalue weighted by molar-refractivity contribution is 0.138. The predicted octanol–water partition coefficient (Wildman–Crippen LogP) is 2.33. The molecule has 2 rings (SSSR count). The van der Waals surface area contributed by atoms with Crippen LogP contribution in [0.2, 0.25) is 0 Å². The van der Waals surface area contributed by atoms with Crippen molar-refractivity contribution in [2.45, 2.75) is 58.4 Å². The molecule has 1 aliphatic rings. The van der Waals surface area contributed by atoms with Crippen LogP contribution in [0.4, 0.5) is 5.95 Å². The van der Waals surface area contributed by atoms with Crippen LogP contribution in [0.25, 0.3) is 0 Å². The van der Waals surface area contributed by atoms with Crippen LogP contribution < -0.4 is 5.32 Å². The Bertz CT molecular complexity index is 411. The smallest absolute Gasteiger partial charge is 0.263 e. The summed E-state index contributed by atoms with van der Waals surface area (Å²) in [6.07, 6.45) is 3.19. The zero-order valence-electron chi connectivity index (χ0n) is 11.7. The molecule has 0 bridgehead atoms. The molecule has 2 unspecified atom stereocenters. The van der Waals surface area contributed by atoms with Crippen LogP contribution in [0.3, 0.4) is 0 Å². The van der Waals surface area contributed by atoms with E-state index in [1.165, 1.54) is 0 Å². The highest BCUT2D eigenvalue weighted by Gasteiger charge is 2.39. The largest absolute Gasteiger partial charge is 0.396 e. The predicted molar refractivity (Wildman–Crippen MR) is 69.5 cm³/mol. The zero-order chi connectivity index (χ0) is 13.4. The number of rotatable bonds is 3. The van der Waals surface area contributed by atoms with E-state index in [0.29, 0.717) is 11.8 Å². The van der Waals surface area contributed by atoms with Gasteiger partial charge in [-0.15, -0.1) is 0 Å².